The van der Waals surface area contributed by atoms with E-state index in [9.17, 15) is 4.79 Å². The van der Waals surface area contributed by atoms with Crippen molar-refractivity contribution < 1.29 is 4.79 Å². The van der Waals surface area contributed by atoms with E-state index >= 15 is 0 Å². The summed E-state index contributed by atoms with van der Waals surface area (Å²) in [6.07, 6.45) is 6.81. The van der Waals surface area contributed by atoms with E-state index in [4.69, 9.17) is 0 Å². The van der Waals surface area contributed by atoms with Gasteiger partial charge in [0, 0.05) is 6.04 Å². The Morgan fingerprint density at radius 1 is 1.00 bits per heavy atom. The summed E-state index contributed by atoms with van der Waals surface area (Å²) < 4.78 is 0. The molecule has 1 atom stereocenters. The standard InChI is InChI=1S/C19H26N2O/c1-12(15-5-3-2-4-6-15)20-19(22)21-18-16-8-13-7-14(10-16)11-17(18)9-13/h2-6,12-14,16-18H,7-11H2,1H3,(H2,20,21,22). The van der Waals surface area contributed by atoms with Crippen LogP contribution >= 0.6 is 0 Å². The van der Waals surface area contributed by atoms with Crippen molar-refractivity contribution >= 4 is 6.03 Å². The number of amides is 2. The van der Waals surface area contributed by atoms with Gasteiger partial charge in [0.05, 0.1) is 6.04 Å². The molecule has 5 rings (SSSR count). The lowest BCUT2D eigenvalue weighted by molar-refractivity contribution is -0.00950. The average Bonchev–Trinajstić information content (AvgIpc) is 2.51. The van der Waals surface area contributed by atoms with Crippen LogP contribution in [0.25, 0.3) is 0 Å². The van der Waals surface area contributed by atoms with Gasteiger partial charge in [-0.3, -0.25) is 0 Å². The first kappa shape index (κ1) is 14.1. The van der Waals surface area contributed by atoms with Gasteiger partial charge in [-0.15, -0.1) is 0 Å². The topological polar surface area (TPSA) is 41.1 Å². The summed E-state index contributed by atoms with van der Waals surface area (Å²) in [5, 5.41) is 6.42. The van der Waals surface area contributed by atoms with Gasteiger partial charge < -0.3 is 10.6 Å². The molecule has 4 saturated carbocycles. The Kier molecular flexibility index (Phi) is 3.59. The predicted molar refractivity (Wildman–Crippen MR) is 87.4 cm³/mol. The van der Waals surface area contributed by atoms with Crippen LogP contribution in [-0.4, -0.2) is 12.1 Å². The zero-order valence-corrected chi connectivity index (χ0v) is 13.3. The van der Waals surface area contributed by atoms with Crippen LogP contribution in [0, 0.1) is 23.7 Å². The van der Waals surface area contributed by atoms with E-state index in [1.165, 1.54) is 32.1 Å². The second-order valence-corrected chi connectivity index (χ2v) is 7.71. The van der Waals surface area contributed by atoms with Crippen LogP contribution in [0.3, 0.4) is 0 Å². The van der Waals surface area contributed by atoms with E-state index in [2.05, 4.69) is 22.8 Å². The van der Waals surface area contributed by atoms with Crippen LogP contribution in [0.15, 0.2) is 30.3 Å². The van der Waals surface area contributed by atoms with E-state index in [0.29, 0.717) is 6.04 Å². The van der Waals surface area contributed by atoms with E-state index < -0.39 is 0 Å². The Morgan fingerprint density at radius 2 is 1.59 bits per heavy atom. The number of nitrogens with one attached hydrogen (secondary N) is 2. The molecule has 118 valence electrons. The van der Waals surface area contributed by atoms with Crippen LogP contribution in [0.5, 0.6) is 0 Å². The Hall–Kier alpha value is -1.51. The molecular weight excluding hydrogens is 272 g/mol. The molecule has 4 aliphatic rings. The molecule has 0 saturated heterocycles. The number of hydrogen-bond donors (Lipinski definition) is 2. The molecule has 22 heavy (non-hydrogen) atoms. The van der Waals surface area contributed by atoms with Gasteiger partial charge in [-0.05, 0) is 68.3 Å². The van der Waals surface area contributed by atoms with Gasteiger partial charge in [0.25, 0.3) is 0 Å². The molecule has 0 heterocycles. The third-order valence-corrected chi connectivity index (χ3v) is 6.17. The van der Waals surface area contributed by atoms with Crippen molar-refractivity contribution in [2.24, 2.45) is 23.7 Å². The highest BCUT2D eigenvalue weighted by molar-refractivity contribution is 5.74. The van der Waals surface area contributed by atoms with Crippen LogP contribution in [0.1, 0.15) is 50.6 Å². The molecule has 4 aliphatic carbocycles. The monoisotopic (exact) mass is 298 g/mol. The van der Waals surface area contributed by atoms with Crippen molar-refractivity contribution in [2.75, 3.05) is 0 Å². The van der Waals surface area contributed by atoms with E-state index in [0.717, 1.165) is 29.2 Å². The summed E-state index contributed by atoms with van der Waals surface area (Å²) in [6, 6.07) is 10.6. The van der Waals surface area contributed by atoms with Crippen LogP contribution < -0.4 is 10.6 Å². The first-order chi connectivity index (χ1) is 10.7. The number of rotatable bonds is 3. The molecule has 0 aromatic heterocycles. The van der Waals surface area contributed by atoms with Gasteiger partial charge >= 0.3 is 6.03 Å². The Balaban J connectivity index is 1.36. The Labute approximate surface area is 132 Å². The van der Waals surface area contributed by atoms with Crippen molar-refractivity contribution in [3.05, 3.63) is 35.9 Å². The lowest BCUT2D eigenvalue weighted by Gasteiger charge is -2.54. The predicted octanol–water partition coefficient (Wildman–Crippen LogP) is 3.87. The van der Waals surface area contributed by atoms with Gasteiger partial charge in [0.15, 0.2) is 0 Å². The van der Waals surface area contributed by atoms with E-state index in [1.54, 1.807) is 0 Å². The number of benzene rings is 1. The Bertz CT molecular complexity index is 514. The minimum atomic E-state index is 0.00817. The van der Waals surface area contributed by atoms with Crippen molar-refractivity contribution in [1.29, 1.82) is 0 Å². The summed E-state index contributed by atoms with van der Waals surface area (Å²) in [7, 11) is 0. The zero-order valence-electron chi connectivity index (χ0n) is 13.3. The highest BCUT2D eigenvalue weighted by Gasteiger charge is 2.48. The quantitative estimate of drug-likeness (QED) is 0.874. The third kappa shape index (κ3) is 2.62. The van der Waals surface area contributed by atoms with Gasteiger partial charge in [-0.2, -0.15) is 0 Å². The SMILES string of the molecule is CC(NC(=O)NC1C2CC3CC(C2)CC1C3)c1ccccc1. The van der Waals surface area contributed by atoms with Crippen LogP contribution in [0.2, 0.25) is 0 Å². The zero-order chi connectivity index (χ0) is 15.1. The fourth-order valence-electron chi connectivity index (χ4n) is 5.38. The molecule has 4 fully saturated rings. The largest absolute Gasteiger partial charge is 0.335 e. The fraction of sp³-hybridized carbons (Fsp3) is 0.632. The summed E-state index contributed by atoms with van der Waals surface area (Å²) in [5.41, 5.74) is 1.16. The smallest absolute Gasteiger partial charge is 0.315 e. The van der Waals surface area contributed by atoms with Gasteiger partial charge in [-0.1, -0.05) is 30.3 Å². The molecule has 0 aliphatic heterocycles. The van der Waals surface area contributed by atoms with E-state index in [-0.39, 0.29) is 12.1 Å². The summed E-state index contributed by atoms with van der Waals surface area (Å²) in [6.45, 7) is 2.05. The minimum absolute atomic E-state index is 0.00817. The first-order valence-electron chi connectivity index (χ1n) is 8.81. The molecule has 2 N–H and O–H groups in total. The maximum atomic E-state index is 12.4. The summed E-state index contributed by atoms with van der Waals surface area (Å²) in [5.74, 6) is 3.36. The number of urea groups is 1. The van der Waals surface area contributed by atoms with Crippen molar-refractivity contribution in [3.63, 3.8) is 0 Å². The average molecular weight is 298 g/mol. The molecule has 1 aromatic carbocycles. The molecule has 4 bridgehead atoms. The third-order valence-electron chi connectivity index (χ3n) is 6.17. The first-order valence-corrected chi connectivity index (χ1v) is 8.81. The van der Waals surface area contributed by atoms with Crippen molar-refractivity contribution in [2.45, 2.75) is 51.1 Å². The minimum Gasteiger partial charge on any atom is -0.335 e. The van der Waals surface area contributed by atoms with Gasteiger partial charge in [0.1, 0.15) is 0 Å². The lowest BCUT2D eigenvalue weighted by Crippen LogP contribution is -2.57. The van der Waals surface area contributed by atoms with Gasteiger partial charge in [0.2, 0.25) is 0 Å². The molecule has 2 amide bonds. The van der Waals surface area contributed by atoms with Crippen LogP contribution in [-0.2, 0) is 0 Å². The maximum Gasteiger partial charge on any atom is 0.315 e. The summed E-state index contributed by atoms with van der Waals surface area (Å²) >= 11 is 0. The molecule has 1 aromatic rings. The highest BCUT2D eigenvalue weighted by atomic mass is 16.2. The molecule has 0 spiro atoms. The summed E-state index contributed by atoms with van der Waals surface area (Å²) in [4.78, 5) is 12.4. The van der Waals surface area contributed by atoms with Crippen molar-refractivity contribution in [1.82, 2.24) is 10.6 Å². The number of carbonyl (C=O) groups is 1. The molecular formula is C19H26N2O. The van der Waals surface area contributed by atoms with E-state index in [1.807, 2.05) is 25.1 Å². The number of hydrogen-bond acceptors (Lipinski definition) is 1. The normalized spacial score (nSPS) is 36.9. The Morgan fingerprint density at radius 3 is 2.18 bits per heavy atom. The van der Waals surface area contributed by atoms with Crippen molar-refractivity contribution in [3.8, 4) is 0 Å². The molecule has 3 heteroatoms. The highest BCUT2D eigenvalue weighted by Crippen LogP contribution is 2.53. The second-order valence-electron chi connectivity index (χ2n) is 7.71. The maximum absolute atomic E-state index is 12.4. The van der Waals surface area contributed by atoms with Gasteiger partial charge in [-0.25, -0.2) is 4.79 Å². The fourth-order valence-corrected chi connectivity index (χ4v) is 5.38. The lowest BCUT2D eigenvalue weighted by atomic mass is 9.54. The van der Waals surface area contributed by atoms with Crippen LogP contribution in [0.4, 0.5) is 4.79 Å². The molecule has 1 unspecified atom stereocenters. The molecule has 0 radical (unpaired) electrons. The molecule has 3 nitrogen and oxygen atoms in total. The number of carbonyl (C=O) groups excluding carboxylic acids is 1. The second kappa shape index (κ2) is 5.60.